The van der Waals surface area contributed by atoms with Crippen LogP contribution >= 0.6 is 24.0 Å². The van der Waals surface area contributed by atoms with E-state index in [-0.39, 0.29) is 41.4 Å². The molecule has 0 amide bonds. The maximum Gasteiger partial charge on any atom is 0.191 e. The molecule has 1 aromatic rings. The molecule has 27 heavy (non-hydrogen) atoms. The van der Waals surface area contributed by atoms with Gasteiger partial charge in [0.15, 0.2) is 5.96 Å². The summed E-state index contributed by atoms with van der Waals surface area (Å²) in [5.74, 6) is 0.784. The molecule has 0 aromatic heterocycles. The Kier molecular flexibility index (Phi) is 10.0. The molecule has 5 nitrogen and oxygen atoms in total. The average molecular weight is 489 g/mol. The van der Waals surface area contributed by atoms with E-state index in [2.05, 4.69) is 60.7 Å². The summed E-state index contributed by atoms with van der Waals surface area (Å²) in [5.41, 5.74) is 2.84. The molecule has 0 radical (unpaired) electrons. The predicted octanol–water partition coefficient (Wildman–Crippen LogP) is 3.45. The van der Waals surface area contributed by atoms with Crippen LogP contribution in [0.4, 0.5) is 0 Å². The van der Waals surface area contributed by atoms with Gasteiger partial charge in [-0.1, -0.05) is 45.0 Å². The van der Waals surface area contributed by atoms with Crippen molar-refractivity contribution >= 4 is 29.9 Å². The first-order chi connectivity index (χ1) is 12.4. The number of hydrogen-bond donors (Lipinski definition) is 3. The van der Waals surface area contributed by atoms with Crippen molar-refractivity contribution in [1.82, 2.24) is 10.6 Å². The fraction of sp³-hybridized carbons (Fsp3) is 0.667. The van der Waals surface area contributed by atoms with E-state index < -0.39 is 0 Å². The molecular formula is C21H36IN3O2. The van der Waals surface area contributed by atoms with Gasteiger partial charge in [0.25, 0.3) is 0 Å². The van der Waals surface area contributed by atoms with Gasteiger partial charge in [-0.25, -0.2) is 0 Å². The van der Waals surface area contributed by atoms with E-state index in [0.717, 1.165) is 44.9 Å². The molecule has 0 bridgehead atoms. The van der Waals surface area contributed by atoms with Crippen molar-refractivity contribution in [2.45, 2.75) is 52.0 Å². The number of benzene rings is 1. The molecule has 1 atom stereocenters. The number of nitrogens with one attached hydrogen (secondary N) is 2. The molecule has 1 fully saturated rings. The SMILES string of the molecule is CCC(C)(C)c1ccc(CNC(=NC)NCC2(CCO)CCOC2)cc1.I. The highest BCUT2D eigenvalue weighted by molar-refractivity contribution is 14.0. The van der Waals surface area contributed by atoms with Gasteiger partial charge in [-0.15, -0.1) is 24.0 Å². The van der Waals surface area contributed by atoms with Crippen molar-refractivity contribution in [2.24, 2.45) is 10.4 Å². The Bertz CT molecular complexity index is 582. The number of halogens is 1. The topological polar surface area (TPSA) is 65.9 Å². The van der Waals surface area contributed by atoms with Crippen LogP contribution in [0, 0.1) is 5.41 Å². The summed E-state index contributed by atoms with van der Waals surface area (Å²) in [5, 5.41) is 16.1. The fourth-order valence-corrected chi connectivity index (χ4v) is 3.27. The van der Waals surface area contributed by atoms with Gasteiger partial charge in [0.05, 0.1) is 6.61 Å². The molecular weight excluding hydrogens is 453 g/mol. The van der Waals surface area contributed by atoms with Gasteiger partial charge < -0.3 is 20.5 Å². The number of hydrogen-bond acceptors (Lipinski definition) is 3. The van der Waals surface area contributed by atoms with Crippen LogP contribution < -0.4 is 10.6 Å². The van der Waals surface area contributed by atoms with Crippen LogP contribution in [-0.2, 0) is 16.7 Å². The lowest BCUT2D eigenvalue weighted by Crippen LogP contribution is -2.44. The second-order valence-corrected chi connectivity index (χ2v) is 7.99. The minimum absolute atomic E-state index is 0. The lowest BCUT2D eigenvalue weighted by atomic mass is 9.82. The fourth-order valence-electron chi connectivity index (χ4n) is 3.27. The molecule has 154 valence electrons. The van der Waals surface area contributed by atoms with E-state index in [9.17, 15) is 5.11 Å². The van der Waals surface area contributed by atoms with Crippen LogP contribution in [0.25, 0.3) is 0 Å². The molecule has 1 aliphatic rings. The Balaban J connectivity index is 0.00000364. The van der Waals surface area contributed by atoms with Gasteiger partial charge in [0.2, 0.25) is 0 Å². The zero-order chi connectivity index (χ0) is 19.0. The molecule has 1 unspecified atom stereocenters. The number of aliphatic hydroxyl groups is 1. The molecule has 0 saturated carbocycles. The first kappa shape index (κ1) is 24.2. The van der Waals surface area contributed by atoms with Gasteiger partial charge in [0.1, 0.15) is 0 Å². The third kappa shape index (κ3) is 6.91. The van der Waals surface area contributed by atoms with Gasteiger partial charge in [-0.2, -0.15) is 0 Å². The number of rotatable bonds is 8. The molecule has 1 aliphatic heterocycles. The third-order valence-electron chi connectivity index (χ3n) is 5.76. The Morgan fingerprint density at radius 3 is 2.48 bits per heavy atom. The zero-order valence-corrected chi connectivity index (χ0v) is 19.5. The van der Waals surface area contributed by atoms with Crippen molar-refractivity contribution in [1.29, 1.82) is 0 Å². The molecule has 3 N–H and O–H groups in total. The highest BCUT2D eigenvalue weighted by Gasteiger charge is 2.34. The maximum absolute atomic E-state index is 9.33. The van der Waals surface area contributed by atoms with Crippen molar-refractivity contribution in [2.75, 3.05) is 33.4 Å². The molecule has 0 spiro atoms. The molecule has 1 heterocycles. The average Bonchev–Trinajstić information content (AvgIpc) is 3.11. The molecule has 1 saturated heterocycles. The first-order valence-electron chi connectivity index (χ1n) is 9.67. The Morgan fingerprint density at radius 1 is 1.26 bits per heavy atom. The minimum atomic E-state index is 0. The van der Waals surface area contributed by atoms with Crippen LogP contribution in [0.3, 0.4) is 0 Å². The van der Waals surface area contributed by atoms with Crippen LogP contribution in [0.2, 0.25) is 0 Å². The third-order valence-corrected chi connectivity index (χ3v) is 5.76. The molecule has 6 heteroatoms. The lowest BCUT2D eigenvalue weighted by molar-refractivity contribution is 0.127. The summed E-state index contributed by atoms with van der Waals surface area (Å²) in [6, 6.07) is 8.82. The van der Waals surface area contributed by atoms with E-state index in [4.69, 9.17) is 4.74 Å². The van der Waals surface area contributed by atoms with Gasteiger partial charge in [0, 0.05) is 38.8 Å². The summed E-state index contributed by atoms with van der Waals surface area (Å²) in [7, 11) is 1.78. The maximum atomic E-state index is 9.33. The first-order valence-corrected chi connectivity index (χ1v) is 9.67. The summed E-state index contributed by atoms with van der Waals surface area (Å²) in [4.78, 5) is 4.32. The van der Waals surface area contributed by atoms with Gasteiger partial charge in [-0.3, -0.25) is 4.99 Å². The second kappa shape index (κ2) is 11.2. The number of guanidine groups is 1. The standard InChI is InChI=1S/C21H35N3O2.HI/c1-5-20(2,3)18-8-6-17(7-9-18)14-23-19(22-4)24-15-21(10-12-25)11-13-26-16-21;/h6-9,25H,5,10-16H2,1-4H3,(H2,22,23,24);1H. The van der Waals surface area contributed by atoms with Gasteiger partial charge in [-0.05, 0) is 35.8 Å². The zero-order valence-electron chi connectivity index (χ0n) is 17.2. The van der Waals surface area contributed by atoms with E-state index >= 15 is 0 Å². The lowest BCUT2D eigenvalue weighted by Gasteiger charge is -2.27. The highest BCUT2D eigenvalue weighted by Crippen LogP contribution is 2.31. The Labute approximate surface area is 181 Å². The van der Waals surface area contributed by atoms with Gasteiger partial charge >= 0.3 is 0 Å². The smallest absolute Gasteiger partial charge is 0.191 e. The van der Waals surface area contributed by atoms with Crippen molar-refractivity contribution < 1.29 is 9.84 Å². The van der Waals surface area contributed by atoms with Crippen LogP contribution in [0.5, 0.6) is 0 Å². The quantitative estimate of drug-likeness (QED) is 0.298. The van der Waals surface area contributed by atoms with E-state index in [0.29, 0.717) is 6.61 Å². The number of aliphatic imine (C=N–C) groups is 1. The Hall–Kier alpha value is -0.860. The summed E-state index contributed by atoms with van der Waals surface area (Å²) < 4.78 is 5.54. The molecule has 2 rings (SSSR count). The number of aliphatic hydroxyl groups excluding tert-OH is 1. The largest absolute Gasteiger partial charge is 0.396 e. The number of ether oxygens (including phenoxy) is 1. The number of nitrogens with zero attached hydrogens (tertiary/aromatic N) is 1. The molecule has 1 aromatic carbocycles. The summed E-state index contributed by atoms with van der Waals surface area (Å²) in [6.45, 7) is 9.94. The normalized spacial score (nSPS) is 20.3. The predicted molar refractivity (Wildman–Crippen MR) is 123 cm³/mol. The summed E-state index contributed by atoms with van der Waals surface area (Å²) >= 11 is 0. The van der Waals surface area contributed by atoms with Crippen LogP contribution in [0.1, 0.15) is 51.2 Å². The van der Waals surface area contributed by atoms with Crippen LogP contribution in [0.15, 0.2) is 29.3 Å². The van der Waals surface area contributed by atoms with E-state index in [1.165, 1.54) is 11.1 Å². The van der Waals surface area contributed by atoms with E-state index in [1.807, 2.05) is 0 Å². The van der Waals surface area contributed by atoms with Crippen molar-refractivity contribution in [3.8, 4) is 0 Å². The van der Waals surface area contributed by atoms with Crippen LogP contribution in [-0.4, -0.2) is 44.5 Å². The van der Waals surface area contributed by atoms with E-state index in [1.54, 1.807) is 7.05 Å². The molecule has 0 aliphatic carbocycles. The van der Waals surface area contributed by atoms with Crippen molar-refractivity contribution in [3.05, 3.63) is 35.4 Å². The summed E-state index contributed by atoms with van der Waals surface area (Å²) in [6.07, 6.45) is 2.86. The second-order valence-electron chi connectivity index (χ2n) is 7.99. The minimum Gasteiger partial charge on any atom is -0.396 e. The van der Waals surface area contributed by atoms with Crippen molar-refractivity contribution in [3.63, 3.8) is 0 Å². The monoisotopic (exact) mass is 489 g/mol. The highest BCUT2D eigenvalue weighted by atomic mass is 127. The Morgan fingerprint density at radius 2 is 1.96 bits per heavy atom.